The summed E-state index contributed by atoms with van der Waals surface area (Å²) in [4.78, 5) is 0. The minimum atomic E-state index is -0.270. The molecular weight excluding hydrogens is 365 g/mol. The molecule has 6 heteroatoms. The number of amidine groups is 1. The van der Waals surface area contributed by atoms with Gasteiger partial charge in [0.2, 0.25) is 0 Å². The lowest BCUT2D eigenvalue weighted by atomic mass is 10.1. The van der Waals surface area contributed by atoms with Gasteiger partial charge >= 0.3 is 0 Å². The van der Waals surface area contributed by atoms with Crippen LogP contribution in [0.1, 0.15) is 16.7 Å². The van der Waals surface area contributed by atoms with Crippen LogP contribution in [0.2, 0.25) is 0 Å². The van der Waals surface area contributed by atoms with E-state index in [-0.39, 0.29) is 5.82 Å². The van der Waals surface area contributed by atoms with Crippen molar-refractivity contribution in [3.8, 4) is 0 Å². The van der Waals surface area contributed by atoms with E-state index in [4.69, 9.17) is 5.73 Å². The number of nitrogens with two attached hydrogens (primary N) is 1. The van der Waals surface area contributed by atoms with Crippen molar-refractivity contribution in [1.29, 1.82) is 0 Å². The summed E-state index contributed by atoms with van der Waals surface area (Å²) < 4.78 is 13.1. The Balaban J connectivity index is 1.95. The van der Waals surface area contributed by atoms with Crippen LogP contribution in [0.3, 0.4) is 0 Å². The summed E-state index contributed by atoms with van der Waals surface area (Å²) in [5.74, 6) is 0.475. The van der Waals surface area contributed by atoms with Crippen LogP contribution in [-0.2, 0) is 11.1 Å². The van der Waals surface area contributed by atoms with Gasteiger partial charge in [0, 0.05) is 11.1 Å². The zero-order chi connectivity index (χ0) is 15.8. The van der Waals surface area contributed by atoms with Gasteiger partial charge in [-0.2, -0.15) is 5.10 Å². The van der Waals surface area contributed by atoms with E-state index >= 15 is 0 Å². The first kappa shape index (κ1) is 16.7. The highest BCUT2D eigenvalue weighted by atomic mass is 79.9. The topological polar surface area (TPSA) is 50.7 Å². The van der Waals surface area contributed by atoms with Crippen LogP contribution in [-0.4, -0.2) is 11.4 Å². The largest absolute Gasteiger partial charge is 0.377 e. The molecular formula is C16H15BrFN3S. The van der Waals surface area contributed by atoms with Crippen molar-refractivity contribution in [3.63, 3.8) is 0 Å². The van der Waals surface area contributed by atoms with Crippen LogP contribution in [0.4, 0.5) is 4.39 Å². The molecule has 0 radical (unpaired) electrons. The standard InChI is InChI=1S/C16H15BrFN3S/c17-9-14-8-15(18)7-6-13(14)10-20-21-16(19)22-11-12-4-2-1-3-5-12/h1-8,10H,9,11H2,(H2,19,21). The minimum absolute atomic E-state index is 0.270. The van der Waals surface area contributed by atoms with Crippen molar-refractivity contribution < 1.29 is 4.39 Å². The highest BCUT2D eigenvalue weighted by molar-refractivity contribution is 9.08. The van der Waals surface area contributed by atoms with E-state index in [1.807, 2.05) is 30.3 Å². The summed E-state index contributed by atoms with van der Waals surface area (Å²) >= 11 is 4.74. The molecule has 2 N–H and O–H groups in total. The van der Waals surface area contributed by atoms with Crippen LogP contribution >= 0.6 is 27.7 Å². The van der Waals surface area contributed by atoms with Crippen LogP contribution < -0.4 is 5.73 Å². The second kappa shape index (κ2) is 8.70. The van der Waals surface area contributed by atoms with Gasteiger partial charge in [-0.3, -0.25) is 0 Å². The second-order valence-electron chi connectivity index (χ2n) is 4.43. The predicted octanol–water partition coefficient (Wildman–Crippen LogP) is 4.30. The molecule has 0 spiro atoms. The molecule has 0 aliphatic heterocycles. The lowest BCUT2D eigenvalue weighted by Gasteiger charge is -2.01. The van der Waals surface area contributed by atoms with E-state index in [1.165, 1.54) is 29.5 Å². The molecule has 0 unspecified atom stereocenters. The molecule has 0 aliphatic rings. The third-order valence-corrected chi connectivity index (χ3v) is 4.29. The molecule has 0 saturated heterocycles. The Morgan fingerprint density at radius 1 is 1.23 bits per heavy atom. The fourth-order valence-electron chi connectivity index (χ4n) is 1.72. The van der Waals surface area contributed by atoms with Crippen molar-refractivity contribution in [2.45, 2.75) is 11.1 Å². The van der Waals surface area contributed by atoms with Crippen molar-refractivity contribution >= 4 is 39.1 Å². The van der Waals surface area contributed by atoms with Gasteiger partial charge < -0.3 is 5.73 Å². The maximum atomic E-state index is 13.1. The average molecular weight is 380 g/mol. The first-order chi connectivity index (χ1) is 10.7. The van der Waals surface area contributed by atoms with Crippen molar-refractivity contribution in [2.24, 2.45) is 15.9 Å². The number of hydrogen-bond donors (Lipinski definition) is 1. The highest BCUT2D eigenvalue weighted by Crippen LogP contribution is 2.14. The highest BCUT2D eigenvalue weighted by Gasteiger charge is 2.01. The molecule has 2 rings (SSSR count). The van der Waals surface area contributed by atoms with E-state index in [0.717, 1.165) is 16.9 Å². The number of nitrogens with zero attached hydrogens (tertiary/aromatic N) is 2. The van der Waals surface area contributed by atoms with Crippen LogP contribution in [0.5, 0.6) is 0 Å². The zero-order valence-electron chi connectivity index (χ0n) is 11.7. The van der Waals surface area contributed by atoms with E-state index < -0.39 is 0 Å². The first-order valence-electron chi connectivity index (χ1n) is 6.56. The molecule has 0 aliphatic carbocycles. The summed E-state index contributed by atoms with van der Waals surface area (Å²) in [7, 11) is 0. The van der Waals surface area contributed by atoms with E-state index in [2.05, 4.69) is 26.1 Å². The molecule has 3 nitrogen and oxygen atoms in total. The fourth-order valence-corrected chi connectivity index (χ4v) is 2.82. The molecule has 0 amide bonds. The van der Waals surface area contributed by atoms with Gasteiger partial charge in [0.25, 0.3) is 0 Å². The average Bonchev–Trinajstić information content (AvgIpc) is 2.55. The molecule has 114 valence electrons. The summed E-state index contributed by atoms with van der Waals surface area (Å²) in [5, 5.41) is 8.86. The molecule has 0 aromatic heterocycles. The number of halogens is 2. The van der Waals surface area contributed by atoms with Crippen LogP contribution in [0, 0.1) is 5.82 Å². The van der Waals surface area contributed by atoms with Crippen molar-refractivity contribution in [3.05, 3.63) is 71.0 Å². The maximum absolute atomic E-state index is 13.1. The second-order valence-corrected chi connectivity index (χ2v) is 5.99. The Hall–Kier alpha value is -1.66. The molecule has 0 saturated carbocycles. The van der Waals surface area contributed by atoms with Gasteiger partial charge in [0.15, 0.2) is 5.17 Å². The lowest BCUT2D eigenvalue weighted by Crippen LogP contribution is -2.06. The molecule has 2 aromatic carbocycles. The molecule has 2 aromatic rings. The summed E-state index contributed by atoms with van der Waals surface area (Å²) in [6.45, 7) is 0. The van der Waals surface area contributed by atoms with Gasteiger partial charge in [-0.05, 0) is 28.8 Å². The van der Waals surface area contributed by atoms with Gasteiger partial charge in [-0.15, -0.1) is 5.10 Å². The molecule has 0 heterocycles. The Kier molecular flexibility index (Phi) is 6.61. The van der Waals surface area contributed by atoms with E-state index in [0.29, 0.717) is 10.5 Å². The first-order valence-corrected chi connectivity index (χ1v) is 8.67. The quantitative estimate of drug-likeness (QED) is 0.364. The van der Waals surface area contributed by atoms with Crippen molar-refractivity contribution in [1.82, 2.24) is 0 Å². The fraction of sp³-hybridized carbons (Fsp3) is 0.125. The Morgan fingerprint density at radius 3 is 2.73 bits per heavy atom. The molecule has 22 heavy (non-hydrogen) atoms. The number of thioether (sulfide) groups is 1. The van der Waals surface area contributed by atoms with Gasteiger partial charge in [0.05, 0.1) is 6.21 Å². The number of hydrogen-bond acceptors (Lipinski definition) is 3. The van der Waals surface area contributed by atoms with E-state index in [1.54, 1.807) is 12.3 Å². The monoisotopic (exact) mass is 379 g/mol. The normalized spacial score (nSPS) is 12.0. The predicted molar refractivity (Wildman–Crippen MR) is 96.0 cm³/mol. The third-order valence-electron chi connectivity index (χ3n) is 2.83. The third kappa shape index (κ3) is 5.27. The minimum Gasteiger partial charge on any atom is -0.377 e. The zero-order valence-corrected chi connectivity index (χ0v) is 14.1. The smallest absolute Gasteiger partial charge is 0.180 e. The summed E-state index contributed by atoms with van der Waals surface area (Å²) in [5.41, 5.74) is 8.61. The van der Waals surface area contributed by atoms with Crippen molar-refractivity contribution in [2.75, 3.05) is 0 Å². The molecule has 0 fully saturated rings. The molecule has 0 bridgehead atoms. The summed E-state index contributed by atoms with van der Waals surface area (Å²) in [6.07, 6.45) is 1.58. The number of benzene rings is 2. The van der Waals surface area contributed by atoms with Crippen LogP contribution in [0.15, 0.2) is 58.7 Å². The SMILES string of the molecule is NC(=NN=Cc1ccc(F)cc1CBr)SCc1ccccc1. The lowest BCUT2D eigenvalue weighted by molar-refractivity contribution is 0.626. The Labute approximate surface area is 141 Å². The number of alkyl halides is 1. The number of rotatable bonds is 5. The summed E-state index contributed by atoms with van der Waals surface area (Å²) in [6, 6.07) is 14.5. The molecule has 0 atom stereocenters. The van der Waals surface area contributed by atoms with E-state index in [9.17, 15) is 4.39 Å². The van der Waals surface area contributed by atoms with Gasteiger partial charge in [-0.1, -0.05) is 64.1 Å². The Bertz CT molecular complexity index is 674. The van der Waals surface area contributed by atoms with Gasteiger partial charge in [0.1, 0.15) is 5.82 Å². The van der Waals surface area contributed by atoms with Gasteiger partial charge in [-0.25, -0.2) is 4.39 Å². The Morgan fingerprint density at radius 2 is 2.00 bits per heavy atom. The maximum Gasteiger partial charge on any atom is 0.180 e. The van der Waals surface area contributed by atoms with Crippen LogP contribution in [0.25, 0.3) is 0 Å².